The van der Waals surface area contributed by atoms with Crippen molar-refractivity contribution in [2.45, 2.75) is 45.6 Å². The lowest BCUT2D eigenvalue weighted by Crippen LogP contribution is -2.35. The van der Waals surface area contributed by atoms with Gasteiger partial charge in [-0.1, -0.05) is 13.3 Å². The third-order valence-corrected chi connectivity index (χ3v) is 3.79. The Labute approximate surface area is 120 Å². The van der Waals surface area contributed by atoms with Crippen LogP contribution in [0.25, 0.3) is 11.2 Å². The Morgan fingerprint density at radius 3 is 2.70 bits per heavy atom. The average molecular weight is 277 g/mol. The molecule has 0 spiro atoms. The van der Waals surface area contributed by atoms with Crippen molar-refractivity contribution in [1.29, 1.82) is 0 Å². The zero-order valence-electron chi connectivity index (χ0n) is 12.5. The molecule has 3 rings (SSSR count). The minimum absolute atomic E-state index is 0.325. The Morgan fingerprint density at radius 2 is 2.25 bits per heavy atom. The van der Waals surface area contributed by atoms with Gasteiger partial charge in [0.15, 0.2) is 11.3 Å². The number of nitrogens with zero attached hydrogens (tertiary/aromatic N) is 1. The van der Waals surface area contributed by atoms with E-state index in [0.29, 0.717) is 11.3 Å². The van der Waals surface area contributed by atoms with E-state index in [1.165, 1.54) is 39.2 Å². The fourth-order valence-electron chi connectivity index (χ4n) is 2.66. The molecule has 4 heteroatoms. The molecule has 2 aromatic heterocycles. The molecule has 0 N–H and O–H groups in total. The molecule has 20 heavy (non-hydrogen) atoms. The summed E-state index contributed by atoms with van der Waals surface area (Å²) in [6, 6.07) is 6.17. The summed E-state index contributed by atoms with van der Waals surface area (Å²) in [4.78, 5) is 13.0. The lowest BCUT2D eigenvalue weighted by atomic mass is 10.0. The van der Waals surface area contributed by atoms with Crippen LogP contribution in [0.5, 0.6) is 5.75 Å². The Hall–Kier alpha value is -1.55. The molecule has 1 fully saturated rings. The molecule has 1 saturated heterocycles. The number of likely N-dealkylation sites (tertiary alicyclic amines) is 1. The molecule has 0 aliphatic carbocycles. The number of fused-ring (bicyclic) bond motifs is 2. The van der Waals surface area contributed by atoms with Gasteiger partial charge < -0.3 is 14.1 Å². The zero-order chi connectivity index (χ0) is 14.5. The first-order valence-corrected chi connectivity index (χ1v) is 7.30. The summed E-state index contributed by atoms with van der Waals surface area (Å²) in [5, 5.41) is 0. The highest BCUT2D eigenvalue weighted by atomic mass is 16.5. The first-order valence-electron chi connectivity index (χ1n) is 7.30. The van der Waals surface area contributed by atoms with E-state index in [1.807, 2.05) is 6.07 Å². The number of hydrogen-bond acceptors (Lipinski definition) is 4. The van der Waals surface area contributed by atoms with Gasteiger partial charge in [-0.2, -0.15) is 0 Å². The molecule has 2 aromatic rings. The maximum absolute atomic E-state index is 10.5. The van der Waals surface area contributed by atoms with Crippen molar-refractivity contribution in [3.05, 3.63) is 18.2 Å². The Bertz CT molecular complexity index is 534. The quantitative estimate of drug-likeness (QED) is 0.620. The predicted molar refractivity (Wildman–Crippen MR) is 79.3 cm³/mol. The zero-order valence-corrected chi connectivity index (χ0v) is 12.5. The van der Waals surface area contributed by atoms with Gasteiger partial charge in [-0.25, -0.2) is 0 Å². The molecule has 3 heterocycles. The van der Waals surface area contributed by atoms with Gasteiger partial charge in [0.25, 0.3) is 0 Å². The fourth-order valence-corrected chi connectivity index (χ4v) is 2.66. The summed E-state index contributed by atoms with van der Waals surface area (Å²) in [5.74, 6) is 0.184. The molecule has 1 unspecified atom stereocenters. The van der Waals surface area contributed by atoms with Gasteiger partial charge in [0, 0.05) is 19.0 Å². The van der Waals surface area contributed by atoms with E-state index in [9.17, 15) is 4.79 Å². The second-order valence-electron chi connectivity index (χ2n) is 5.34. The van der Waals surface area contributed by atoms with Gasteiger partial charge in [-0.15, -0.1) is 0 Å². The van der Waals surface area contributed by atoms with Crippen molar-refractivity contribution in [3.8, 4) is 5.75 Å². The summed E-state index contributed by atoms with van der Waals surface area (Å²) in [7, 11) is 2.24. The lowest BCUT2D eigenvalue weighted by Gasteiger charge is -2.31. The highest BCUT2D eigenvalue weighted by Gasteiger charge is 2.15. The number of furan rings is 2. The van der Waals surface area contributed by atoms with E-state index >= 15 is 0 Å². The van der Waals surface area contributed by atoms with Crippen LogP contribution >= 0.6 is 0 Å². The molecule has 4 nitrogen and oxygen atoms in total. The number of ether oxygens (including phenoxy) is 1. The van der Waals surface area contributed by atoms with Crippen LogP contribution < -0.4 is 4.74 Å². The molecule has 1 atom stereocenters. The van der Waals surface area contributed by atoms with Crippen molar-refractivity contribution in [3.63, 3.8) is 0 Å². The van der Waals surface area contributed by atoms with E-state index in [4.69, 9.17) is 9.15 Å². The topological polar surface area (TPSA) is 42.7 Å². The monoisotopic (exact) mass is 277 g/mol. The van der Waals surface area contributed by atoms with Crippen LogP contribution in [-0.4, -0.2) is 30.5 Å². The summed E-state index contributed by atoms with van der Waals surface area (Å²) < 4.78 is 9.97. The SMILES string of the molecule is CC(=O)Oc1cc2ccc1o2.CCC1CCCCN1C. The normalized spacial score (nSPS) is 19.6. The van der Waals surface area contributed by atoms with E-state index in [2.05, 4.69) is 18.9 Å². The van der Waals surface area contributed by atoms with Gasteiger partial charge in [-0.05, 0) is 45.0 Å². The van der Waals surface area contributed by atoms with E-state index < -0.39 is 0 Å². The predicted octanol–water partition coefficient (Wildman–Crippen LogP) is 3.68. The number of benzene rings is 1. The first-order chi connectivity index (χ1) is 9.60. The van der Waals surface area contributed by atoms with Gasteiger partial charge in [0.1, 0.15) is 5.58 Å². The Kier molecular flexibility index (Phi) is 5.01. The van der Waals surface area contributed by atoms with Crippen molar-refractivity contribution in [2.24, 2.45) is 0 Å². The van der Waals surface area contributed by atoms with E-state index in [1.54, 1.807) is 12.1 Å². The molecule has 0 aromatic carbocycles. The minimum Gasteiger partial charge on any atom is -0.453 e. The molecule has 1 aliphatic rings. The van der Waals surface area contributed by atoms with Crippen LogP contribution in [0.1, 0.15) is 39.5 Å². The number of carbonyl (C=O) groups is 1. The number of carbonyl (C=O) groups excluding carboxylic acids is 1. The van der Waals surface area contributed by atoms with Crippen LogP contribution in [0.15, 0.2) is 22.6 Å². The fraction of sp³-hybridized carbons (Fsp3) is 0.562. The minimum atomic E-state index is -0.325. The third-order valence-electron chi connectivity index (χ3n) is 3.79. The largest absolute Gasteiger partial charge is 0.453 e. The highest BCUT2D eigenvalue weighted by Crippen LogP contribution is 2.28. The number of piperidine rings is 1. The molecule has 110 valence electrons. The third kappa shape index (κ3) is 3.73. The molecule has 2 bridgehead atoms. The van der Waals surface area contributed by atoms with E-state index in [0.717, 1.165) is 11.6 Å². The van der Waals surface area contributed by atoms with E-state index in [-0.39, 0.29) is 5.97 Å². The van der Waals surface area contributed by atoms with Crippen molar-refractivity contribution >= 4 is 17.1 Å². The van der Waals surface area contributed by atoms with Crippen LogP contribution in [0, 0.1) is 0 Å². The second-order valence-corrected chi connectivity index (χ2v) is 5.34. The number of rotatable bonds is 2. The summed E-state index contributed by atoms with van der Waals surface area (Å²) in [6.07, 6.45) is 5.61. The van der Waals surface area contributed by atoms with Gasteiger partial charge in [0.05, 0.1) is 0 Å². The maximum atomic E-state index is 10.5. The smallest absolute Gasteiger partial charge is 0.308 e. The van der Waals surface area contributed by atoms with Crippen LogP contribution in [0.4, 0.5) is 0 Å². The van der Waals surface area contributed by atoms with Gasteiger partial charge >= 0.3 is 5.97 Å². The molecular weight excluding hydrogens is 254 g/mol. The molecule has 1 aliphatic heterocycles. The molecule has 0 amide bonds. The lowest BCUT2D eigenvalue weighted by molar-refractivity contribution is -0.131. The summed E-state index contributed by atoms with van der Waals surface area (Å²) in [5.41, 5.74) is 1.35. The Balaban J connectivity index is 0.000000151. The summed E-state index contributed by atoms with van der Waals surface area (Å²) in [6.45, 7) is 4.97. The highest BCUT2D eigenvalue weighted by molar-refractivity contribution is 5.77. The van der Waals surface area contributed by atoms with Crippen molar-refractivity contribution < 1.29 is 13.9 Å². The van der Waals surface area contributed by atoms with Crippen LogP contribution in [0.2, 0.25) is 0 Å². The number of hydrogen-bond donors (Lipinski definition) is 0. The Morgan fingerprint density at radius 1 is 1.45 bits per heavy atom. The molecule has 0 radical (unpaired) electrons. The second kappa shape index (κ2) is 6.75. The van der Waals surface area contributed by atoms with Crippen LogP contribution in [0.3, 0.4) is 0 Å². The molecular formula is C16H23NO3. The van der Waals surface area contributed by atoms with Crippen molar-refractivity contribution in [1.82, 2.24) is 4.90 Å². The standard InChI is InChI=1S/C8H17N.C8H6O3/c1-3-8-6-4-5-7-9(8)2;1-5(9)10-8-4-6-2-3-7(8)11-6/h8H,3-7H2,1-2H3;2-4H,1H3. The molecule has 0 saturated carbocycles. The first kappa shape index (κ1) is 14.9. The van der Waals surface area contributed by atoms with Gasteiger partial charge in [0.2, 0.25) is 0 Å². The maximum Gasteiger partial charge on any atom is 0.308 e. The summed E-state index contributed by atoms with van der Waals surface area (Å²) >= 11 is 0. The average Bonchev–Trinajstić information content (AvgIpc) is 3.01. The van der Waals surface area contributed by atoms with Gasteiger partial charge in [-0.3, -0.25) is 4.79 Å². The number of esters is 1. The van der Waals surface area contributed by atoms with Crippen molar-refractivity contribution in [2.75, 3.05) is 13.6 Å². The van der Waals surface area contributed by atoms with Crippen LogP contribution in [-0.2, 0) is 4.79 Å².